The number of hydrogen-bond acceptors (Lipinski definition) is 6. The lowest BCUT2D eigenvalue weighted by atomic mass is 10.1. The molecule has 0 aromatic carbocycles. The molecule has 0 rings (SSSR count). The number of likely N-dealkylation sites (N-methyl/N-ethyl adjacent to an activating group) is 1. The first kappa shape index (κ1) is 42.8. The van der Waals surface area contributed by atoms with E-state index < -0.39 is 18.1 Å². The van der Waals surface area contributed by atoms with Crippen molar-refractivity contribution in [2.45, 2.75) is 154 Å². The monoisotopic (exact) mass is 638 g/mol. The minimum absolute atomic E-state index is 0.0561. The molecule has 1 N–H and O–H groups in total. The Morgan fingerprint density at radius 1 is 0.667 bits per heavy atom. The highest BCUT2D eigenvalue weighted by molar-refractivity contribution is 5.72. The molecule has 0 saturated carbocycles. The van der Waals surface area contributed by atoms with Gasteiger partial charge in [0.25, 0.3) is 0 Å². The number of carbonyl (C=O) groups excluding carboxylic acids is 2. The maximum absolute atomic E-state index is 12.5. The zero-order valence-electron chi connectivity index (χ0n) is 29.6. The first-order valence-electron chi connectivity index (χ1n) is 17.9. The van der Waals surface area contributed by atoms with Crippen LogP contribution in [0.5, 0.6) is 0 Å². The van der Waals surface area contributed by atoms with Gasteiger partial charge in [-0.05, 0) is 44.9 Å². The van der Waals surface area contributed by atoms with Crippen LogP contribution < -0.4 is 0 Å². The number of esters is 2. The summed E-state index contributed by atoms with van der Waals surface area (Å²) >= 11 is 0. The van der Waals surface area contributed by atoms with Gasteiger partial charge in [0.05, 0.1) is 34.4 Å². The third-order valence-electron chi connectivity index (χ3n) is 7.85. The fourth-order valence-corrected chi connectivity index (χ4v) is 5.00. The minimum atomic E-state index is -0.880. The highest BCUT2D eigenvalue weighted by Crippen LogP contribution is 2.13. The minimum Gasteiger partial charge on any atom is -0.477 e. The standard InChI is InChI=1S/C37H67NO7/c1-6-8-10-11-12-13-14-15-16-17-18-19-20-21-22-23-24-26-28-36(40)45-33(32-44-35(39)27-25-9-7-2)31-43-30-29-34(37(41)42)38(3,4)5/h13-14,16-17,33-34H,6-12,15,18-32H2,1-5H3/p+1/b14-13-,17-16-. The predicted octanol–water partition coefficient (Wildman–Crippen LogP) is 8.57. The molecule has 0 heterocycles. The van der Waals surface area contributed by atoms with Gasteiger partial charge in [-0.3, -0.25) is 9.59 Å². The van der Waals surface area contributed by atoms with E-state index in [9.17, 15) is 19.5 Å². The zero-order chi connectivity index (χ0) is 33.6. The highest BCUT2D eigenvalue weighted by Gasteiger charge is 2.31. The average molecular weight is 639 g/mol. The zero-order valence-corrected chi connectivity index (χ0v) is 29.6. The summed E-state index contributed by atoms with van der Waals surface area (Å²) in [6.07, 6.45) is 28.6. The van der Waals surface area contributed by atoms with E-state index in [-0.39, 0.29) is 36.2 Å². The normalized spacial score (nSPS) is 13.4. The largest absolute Gasteiger partial charge is 0.477 e. The van der Waals surface area contributed by atoms with Gasteiger partial charge >= 0.3 is 17.9 Å². The van der Waals surface area contributed by atoms with Gasteiger partial charge in [0.1, 0.15) is 6.61 Å². The Balaban J connectivity index is 4.21. The highest BCUT2D eigenvalue weighted by atomic mass is 16.6. The number of aliphatic carboxylic acids is 1. The Morgan fingerprint density at radius 3 is 1.76 bits per heavy atom. The first-order chi connectivity index (χ1) is 21.6. The maximum Gasteiger partial charge on any atom is 0.362 e. The van der Waals surface area contributed by atoms with Crippen molar-refractivity contribution < 1.29 is 38.2 Å². The van der Waals surface area contributed by atoms with Crippen LogP contribution in [0.25, 0.3) is 0 Å². The van der Waals surface area contributed by atoms with Gasteiger partial charge in [-0.15, -0.1) is 0 Å². The summed E-state index contributed by atoms with van der Waals surface area (Å²) in [6.45, 7) is 4.53. The number of unbranched alkanes of at least 4 members (excludes halogenated alkanes) is 13. The van der Waals surface area contributed by atoms with E-state index in [0.717, 1.165) is 51.4 Å². The molecule has 0 saturated heterocycles. The number of carbonyl (C=O) groups is 3. The molecule has 0 aliphatic rings. The average Bonchev–Trinajstić information content (AvgIpc) is 2.98. The number of carboxylic acid groups (broad SMARTS) is 1. The first-order valence-corrected chi connectivity index (χ1v) is 17.9. The molecule has 262 valence electrons. The molecule has 2 atom stereocenters. The molecule has 0 aromatic rings. The third-order valence-corrected chi connectivity index (χ3v) is 7.85. The van der Waals surface area contributed by atoms with Crippen LogP contribution in [0.2, 0.25) is 0 Å². The molecule has 8 nitrogen and oxygen atoms in total. The molecule has 45 heavy (non-hydrogen) atoms. The van der Waals surface area contributed by atoms with Crippen LogP contribution in [0.1, 0.15) is 142 Å². The van der Waals surface area contributed by atoms with Crippen LogP contribution >= 0.6 is 0 Å². The number of quaternary nitrogens is 1. The Bertz CT molecular complexity index is 803. The third kappa shape index (κ3) is 27.8. The molecule has 0 bridgehead atoms. The molecule has 0 fully saturated rings. The van der Waals surface area contributed by atoms with Crippen LogP contribution in [0.4, 0.5) is 0 Å². The van der Waals surface area contributed by atoms with E-state index in [0.29, 0.717) is 19.3 Å². The molecular formula is C37H68NO7+. The Labute approximate surface area is 275 Å². The molecule has 0 radical (unpaired) electrons. The number of ether oxygens (including phenoxy) is 3. The summed E-state index contributed by atoms with van der Waals surface area (Å²) in [5.41, 5.74) is 0. The van der Waals surface area contributed by atoms with E-state index in [4.69, 9.17) is 14.2 Å². The second kappa shape index (κ2) is 29.2. The number of allylic oxidation sites excluding steroid dienone is 4. The Hall–Kier alpha value is -2.19. The summed E-state index contributed by atoms with van der Waals surface area (Å²) in [6, 6.07) is -0.610. The van der Waals surface area contributed by atoms with Crippen LogP contribution in [0.3, 0.4) is 0 Å². The van der Waals surface area contributed by atoms with Gasteiger partial charge in [-0.25, -0.2) is 4.79 Å². The van der Waals surface area contributed by atoms with E-state index in [1.165, 1.54) is 57.8 Å². The fraction of sp³-hybridized carbons (Fsp3) is 0.811. The van der Waals surface area contributed by atoms with Gasteiger partial charge in [0, 0.05) is 19.3 Å². The van der Waals surface area contributed by atoms with Gasteiger partial charge in [-0.2, -0.15) is 0 Å². The van der Waals surface area contributed by atoms with Crippen molar-refractivity contribution in [3.8, 4) is 0 Å². The van der Waals surface area contributed by atoms with Gasteiger partial charge in [0.2, 0.25) is 0 Å². The number of carboxylic acids is 1. The lowest BCUT2D eigenvalue weighted by Gasteiger charge is -2.31. The lowest BCUT2D eigenvalue weighted by molar-refractivity contribution is -0.887. The van der Waals surface area contributed by atoms with Crippen molar-refractivity contribution in [1.82, 2.24) is 0 Å². The van der Waals surface area contributed by atoms with Crippen LogP contribution in [-0.2, 0) is 28.6 Å². The maximum atomic E-state index is 12.5. The predicted molar refractivity (Wildman–Crippen MR) is 183 cm³/mol. The van der Waals surface area contributed by atoms with Crippen molar-refractivity contribution in [1.29, 1.82) is 0 Å². The second-order valence-corrected chi connectivity index (χ2v) is 13.1. The quantitative estimate of drug-likeness (QED) is 0.0351. The lowest BCUT2D eigenvalue weighted by Crippen LogP contribution is -2.50. The molecule has 0 spiro atoms. The fourth-order valence-electron chi connectivity index (χ4n) is 5.00. The molecule has 0 aliphatic heterocycles. The number of nitrogens with zero attached hydrogens (tertiary/aromatic N) is 1. The number of rotatable bonds is 31. The summed E-state index contributed by atoms with van der Waals surface area (Å²) in [4.78, 5) is 36.2. The van der Waals surface area contributed by atoms with Crippen molar-refractivity contribution in [3.05, 3.63) is 24.3 Å². The van der Waals surface area contributed by atoms with Gasteiger partial charge in [-0.1, -0.05) is 102 Å². The smallest absolute Gasteiger partial charge is 0.362 e. The second-order valence-electron chi connectivity index (χ2n) is 13.1. The molecule has 0 amide bonds. The SMILES string of the molecule is CCCCCC/C=C\C/C=C\CCCCCCCCCC(=O)OC(COCCC(C(=O)O)[N+](C)(C)C)COC(=O)CCCCC. The Kier molecular flexibility index (Phi) is 27.8. The summed E-state index contributed by atoms with van der Waals surface area (Å²) in [7, 11) is 5.49. The molecule has 2 unspecified atom stereocenters. The van der Waals surface area contributed by atoms with Crippen molar-refractivity contribution in [2.75, 3.05) is 41.0 Å². The molecule has 0 aliphatic carbocycles. The van der Waals surface area contributed by atoms with Gasteiger partial charge in [0.15, 0.2) is 12.1 Å². The van der Waals surface area contributed by atoms with Crippen LogP contribution in [0.15, 0.2) is 24.3 Å². The molecule has 0 aromatic heterocycles. The van der Waals surface area contributed by atoms with Crippen LogP contribution in [0, 0.1) is 0 Å². The summed E-state index contributed by atoms with van der Waals surface area (Å²) < 4.78 is 16.9. The molecular weight excluding hydrogens is 570 g/mol. The summed E-state index contributed by atoms with van der Waals surface area (Å²) in [5, 5.41) is 9.52. The van der Waals surface area contributed by atoms with E-state index in [2.05, 4.69) is 38.2 Å². The Morgan fingerprint density at radius 2 is 1.18 bits per heavy atom. The number of hydrogen-bond donors (Lipinski definition) is 1. The van der Waals surface area contributed by atoms with Crippen molar-refractivity contribution in [2.24, 2.45) is 0 Å². The van der Waals surface area contributed by atoms with Crippen molar-refractivity contribution >= 4 is 17.9 Å². The van der Waals surface area contributed by atoms with Crippen molar-refractivity contribution in [3.63, 3.8) is 0 Å². The molecule has 8 heteroatoms. The van der Waals surface area contributed by atoms with E-state index in [1.807, 2.05) is 21.1 Å². The topological polar surface area (TPSA) is 99.1 Å². The van der Waals surface area contributed by atoms with E-state index >= 15 is 0 Å². The van der Waals surface area contributed by atoms with E-state index in [1.54, 1.807) is 0 Å². The van der Waals surface area contributed by atoms with Gasteiger partial charge < -0.3 is 23.8 Å². The van der Waals surface area contributed by atoms with Crippen LogP contribution in [-0.4, -0.2) is 80.6 Å². The summed E-state index contributed by atoms with van der Waals surface area (Å²) in [5.74, 6) is -1.51.